The summed E-state index contributed by atoms with van der Waals surface area (Å²) >= 11 is 3.05. The number of alkyl halides is 3. The van der Waals surface area contributed by atoms with Crippen molar-refractivity contribution in [2.24, 2.45) is 7.05 Å². The van der Waals surface area contributed by atoms with Gasteiger partial charge >= 0.3 is 6.18 Å². The Bertz CT molecular complexity index is 595. The van der Waals surface area contributed by atoms with Gasteiger partial charge in [-0.3, -0.25) is 0 Å². The standard InChI is InChI=1S/C12H12BrF3N4/c1-20-7-18-19-11(20)4-5-17-10-3-2-8(13)6-9(10)12(14,15)16/h2-3,6-7,17H,4-5H2,1H3. The Kier molecular flexibility index (Phi) is 4.32. The molecule has 4 nitrogen and oxygen atoms in total. The molecule has 2 aromatic rings. The molecule has 0 radical (unpaired) electrons. The fraction of sp³-hybridized carbons (Fsp3) is 0.333. The van der Waals surface area contributed by atoms with E-state index in [4.69, 9.17) is 0 Å². The van der Waals surface area contributed by atoms with E-state index in [-0.39, 0.29) is 5.69 Å². The lowest BCUT2D eigenvalue weighted by atomic mass is 10.1. The highest BCUT2D eigenvalue weighted by Gasteiger charge is 2.33. The van der Waals surface area contributed by atoms with Crippen LogP contribution in [0, 0.1) is 0 Å². The molecule has 1 aromatic heterocycles. The van der Waals surface area contributed by atoms with Gasteiger partial charge in [0.25, 0.3) is 0 Å². The van der Waals surface area contributed by atoms with Crippen LogP contribution in [-0.4, -0.2) is 21.3 Å². The van der Waals surface area contributed by atoms with Crippen LogP contribution in [0.4, 0.5) is 18.9 Å². The monoisotopic (exact) mass is 348 g/mol. The minimum absolute atomic E-state index is 0.0582. The quantitative estimate of drug-likeness (QED) is 0.922. The van der Waals surface area contributed by atoms with Crippen LogP contribution in [0.1, 0.15) is 11.4 Å². The summed E-state index contributed by atoms with van der Waals surface area (Å²) in [4.78, 5) is 0. The maximum absolute atomic E-state index is 12.9. The van der Waals surface area contributed by atoms with E-state index >= 15 is 0 Å². The maximum Gasteiger partial charge on any atom is 0.418 e. The van der Waals surface area contributed by atoms with Crippen LogP contribution in [0.3, 0.4) is 0 Å². The fourth-order valence-electron chi connectivity index (χ4n) is 1.75. The minimum Gasteiger partial charge on any atom is -0.384 e. The van der Waals surface area contributed by atoms with E-state index in [9.17, 15) is 13.2 Å². The zero-order valence-electron chi connectivity index (χ0n) is 10.6. The second-order valence-electron chi connectivity index (χ2n) is 4.22. The predicted molar refractivity (Wildman–Crippen MR) is 72.3 cm³/mol. The van der Waals surface area contributed by atoms with Crippen molar-refractivity contribution in [2.75, 3.05) is 11.9 Å². The first kappa shape index (κ1) is 14.8. The maximum atomic E-state index is 12.9. The predicted octanol–water partition coefficient (Wildman–Crippen LogP) is 3.25. The molecule has 8 heteroatoms. The number of benzene rings is 1. The number of aryl methyl sites for hydroxylation is 1. The summed E-state index contributed by atoms with van der Waals surface area (Å²) in [6.45, 7) is 0.344. The molecule has 1 N–H and O–H groups in total. The highest BCUT2D eigenvalue weighted by Crippen LogP contribution is 2.36. The number of hydrogen-bond acceptors (Lipinski definition) is 3. The van der Waals surface area contributed by atoms with E-state index in [0.29, 0.717) is 23.3 Å². The van der Waals surface area contributed by atoms with Gasteiger partial charge in [0.2, 0.25) is 0 Å². The molecule has 108 valence electrons. The van der Waals surface area contributed by atoms with Crippen LogP contribution in [0.5, 0.6) is 0 Å². The van der Waals surface area contributed by atoms with Crippen LogP contribution in [0.2, 0.25) is 0 Å². The average molecular weight is 349 g/mol. The molecule has 20 heavy (non-hydrogen) atoms. The van der Waals surface area contributed by atoms with E-state index < -0.39 is 11.7 Å². The first-order valence-corrected chi connectivity index (χ1v) is 6.60. The highest BCUT2D eigenvalue weighted by atomic mass is 79.9. The van der Waals surface area contributed by atoms with Crippen molar-refractivity contribution in [3.63, 3.8) is 0 Å². The molecule has 1 aromatic carbocycles. The Morgan fingerprint density at radius 3 is 2.70 bits per heavy atom. The second-order valence-corrected chi connectivity index (χ2v) is 5.14. The van der Waals surface area contributed by atoms with Crippen molar-refractivity contribution in [3.8, 4) is 0 Å². The van der Waals surface area contributed by atoms with Gasteiger partial charge in [0.15, 0.2) is 0 Å². The average Bonchev–Trinajstić information content (AvgIpc) is 2.76. The molecule has 0 saturated heterocycles. The van der Waals surface area contributed by atoms with E-state index in [1.165, 1.54) is 6.07 Å². The Hall–Kier alpha value is -1.57. The number of aromatic nitrogens is 3. The molecule has 0 aliphatic carbocycles. The van der Waals surface area contributed by atoms with E-state index in [1.54, 1.807) is 24.0 Å². The van der Waals surface area contributed by atoms with Gasteiger partial charge in [-0.15, -0.1) is 10.2 Å². The summed E-state index contributed by atoms with van der Waals surface area (Å²) in [7, 11) is 1.79. The third-order valence-corrected chi connectivity index (χ3v) is 3.25. The molecule has 1 heterocycles. The van der Waals surface area contributed by atoms with Crippen molar-refractivity contribution < 1.29 is 13.2 Å². The minimum atomic E-state index is -4.39. The molecular weight excluding hydrogens is 337 g/mol. The topological polar surface area (TPSA) is 42.7 Å². The number of nitrogens with zero attached hydrogens (tertiary/aromatic N) is 3. The molecule has 0 atom stereocenters. The van der Waals surface area contributed by atoms with E-state index in [2.05, 4.69) is 31.4 Å². The fourth-order valence-corrected chi connectivity index (χ4v) is 2.11. The third kappa shape index (κ3) is 3.50. The number of hydrogen-bond donors (Lipinski definition) is 1. The largest absolute Gasteiger partial charge is 0.418 e. The molecule has 2 rings (SSSR count). The van der Waals surface area contributed by atoms with Gasteiger partial charge in [-0.1, -0.05) is 15.9 Å². The van der Waals surface area contributed by atoms with Crippen LogP contribution in [0.25, 0.3) is 0 Å². The Morgan fingerprint density at radius 1 is 1.35 bits per heavy atom. The van der Waals surface area contributed by atoms with Gasteiger partial charge in [0.05, 0.1) is 5.56 Å². The second kappa shape index (κ2) is 5.82. The lowest BCUT2D eigenvalue weighted by molar-refractivity contribution is -0.137. The lowest BCUT2D eigenvalue weighted by Gasteiger charge is -2.14. The van der Waals surface area contributed by atoms with Crippen LogP contribution < -0.4 is 5.32 Å². The summed E-state index contributed by atoms with van der Waals surface area (Å²) in [6, 6.07) is 4.04. The van der Waals surface area contributed by atoms with Gasteiger partial charge in [0, 0.05) is 30.2 Å². The summed E-state index contributed by atoms with van der Waals surface area (Å²) in [5, 5.41) is 10.4. The molecule has 0 spiro atoms. The molecule has 0 saturated carbocycles. The number of nitrogens with one attached hydrogen (secondary N) is 1. The Morgan fingerprint density at radius 2 is 2.10 bits per heavy atom. The van der Waals surface area contributed by atoms with Crippen LogP contribution in [-0.2, 0) is 19.6 Å². The molecule has 0 aliphatic rings. The van der Waals surface area contributed by atoms with Gasteiger partial charge in [-0.2, -0.15) is 13.2 Å². The van der Waals surface area contributed by atoms with Crippen LogP contribution in [0.15, 0.2) is 29.0 Å². The van der Waals surface area contributed by atoms with Gasteiger partial charge in [0.1, 0.15) is 12.2 Å². The lowest BCUT2D eigenvalue weighted by Crippen LogP contribution is -2.14. The normalized spacial score (nSPS) is 11.7. The van der Waals surface area contributed by atoms with Crippen LogP contribution >= 0.6 is 15.9 Å². The SMILES string of the molecule is Cn1cnnc1CCNc1ccc(Br)cc1C(F)(F)F. The number of anilines is 1. The molecular formula is C12H12BrF3N4. The third-order valence-electron chi connectivity index (χ3n) is 2.76. The molecule has 0 bridgehead atoms. The molecule has 0 aliphatic heterocycles. The summed E-state index contributed by atoms with van der Waals surface area (Å²) in [6.07, 6.45) is -2.35. The molecule has 0 unspecified atom stereocenters. The smallest absolute Gasteiger partial charge is 0.384 e. The van der Waals surface area contributed by atoms with Crippen molar-refractivity contribution >= 4 is 21.6 Å². The number of halogens is 4. The van der Waals surface area contributed by atoms with E-state index in [1.807, 2.05) is 0 Å². The van der Waals surface area contributed by atoms with Gasteiger partial charge in [-0.25, -0.2) is 0 Å². The molecule has 0 amide bonds. The van der Waals surface area contributed by atoms with Crippen molar-refractivity contribution in [2.45, 2.75) is 12.6 Å². The van der Waals surface area contributed by atoms with Crippen molar-refractivity contribution in [1.29, 1.82) is 0 Å². The van der Waals surface area contributed by atoms with Gasteiger partial charge in [-0.05, 0) is 18.2 Å². The Labute approximate surface area is 122 Å². The number of rotatable bonds is 4. The summed E-state index contributed by atoms with van der Waals surface area (Å²) in [5.74, 6) is 0.711. The summed E-state index contributed by atoms with van der Waals surface area (Å²) in [5.41, 5.74) is -0.632. The van der Waals surface area contributed by atoms with Crippen molar-refractivity contribution in [1.82, 2.24) is 14.8 Å². The van der Waals surface area contributed by atoms with Gasteiger partial charge < -0.3 is 9.88 Å². The first-order chi connectivity index (χ1) is 9.38. The zero-order chi connectivity index (χ0) is 14.8. The Balaban J connectivity index is 2.08. The zero-order valence-corrected chi connectivity index (χ0v) is 12.2. The van der Waals surface area contributed by atoms with Crippen molar-refractivity contribution in [3.05, 3.63) is 40.4 Å². The van der Waals surface area contributed by atoms with E-state index in [0.717, 1.165) is 6.07 Å². The highest BCUT2D eigenvalue weighted by molar-refractivity contribution is 9.10. The summed E-state index contributed by atoms with van der Waals surface area (Å²) < 4.78 is 40.8. The first-order valence-electron chi connectivity index (χ1n) is 5.81. The molecule has 0 fully saturated rings.